The normalized spacial score (nSPS) is 12.8. The van der Waals surface area contributed by atoms with Gasteiger partial charge in [-0.2, -0.15) is 5.10 Å². The lowest BCUT2D eigenvalue weighted by Crippen LogP contribution is -1.97. The highest BCUT2D eigenvalue weighted by atomic mass is 32.1. The fourth-order valence-corrected chi connectivity index (χ4v) is 2.66. The van der Waals surface area contributed by atoms with E-state index in [0.29, 0.717) is 0 Å². The third-order valence-corrected chi connectivity index (χ3v) is 3.66. The molecule has 94 valence electrons. The Morgan fingerprint density at radius 3 is 2.95 bits per heavy atom. The average Bonchev–Trinajstić information content (AvgIpc) is 3.18. The molecule has 0 atom stereocenters. The molecule has 0 saturated heterocycles. The first kappa shape index (κ1) is 10.6. The van der Waals surface area contributed by atoms with Gasteiger partial charge in [0.05, 0.1) is 11.9 Å². The standard InChI is InChI=1S/C13H9N3O2S/c1-2-11-12(18-8-17-11)7-9(1)10-3-4-15-16(10)13-14-5-6-19-13/h1-7H,8H2. The Balaban J connectivity index is 1.83. The Bertz CT molecular complexity index is 721. The lowest BCUT2D eigenvalue weighted by atomic mass is 10.1. The maximum atomic E-state index is 5.40. The van der Waals surface area contributed by atoms with Gasteiger partial charge in [-0.05, 0) is 24.3 Å². The molecule has 1 aliphatic rings. The first-order chi connectivity index (χ1) is 9.42. The number of aromatic nitrogens is 3. The fourth-order valence-electron chi connectivity index (χ4n) is 2.05. The number of ether oxygens (including phenoxy) is 2. The number of benzene rings is 1. The van der Waals surface area contributed by atoms with Gasteiger partial charge in [0.1, 0.15) is 0 Å². The predicted molar refractivity (Wildman–Crippen MR) is 70.8 cm³/mol. The van der Waals surface area contributed by atoms with Gasteiger partial charge in [-0.3, -0.25) is 0 Å². The van der Waals surface area contributed by atoms with Crippen LogP contribution in [0.3, 0.4) is 0 Å². The number of rotatable bonds is 2. The maximum Gasteiger partial charge on any atom is 0.231 e. The molecule has 3 heterocycles. The predicted octanol–water partition coefficient (Wildman–Crippen LogP) is 2.72. The summed E-state index contributed by atoms with van der Waals surface area (Å²) in [4.78, 5) is 4.28. The molecule has 5 nitrogen and oxygen atoms in total. The summed E-state index contributed by atoms with van der Waals surface area (Å²) in [5.41, 5.74) is 2.00. The van der Waals surface area contributed by atoms with E-state index in [1.165, 1.54) is 0 Å². The Kier molecular flexibility index (Phi) is 2.28. The highest BCUT2D eigenvalue weighted by Gasteiger charge is 2.16. The van der Waals surface area contributed by atoms with Gasteiger partial charge in [-0.15, -0.1) is 11.3 Å². The zero-order chi connectivity index (χ0) is 12.7. The number of thiazole rings is 1. The lowest BCUT2D eigenvalue weighted by Gasteiger charge is -2.05. The van der Waals surface area contributed by atoms with Crippen molar-refractivity contribution in [2.24, 2.45) is 0 Å². The SMILES string of the molecule is c1csc(-n2nccc2-c2ccc3c(c2)OCO3)n1. The molecule has 3 aromatic rings. The van der Waals surface area contributed by atoms with E-state index in [0.717, 1.165) is 27.9 Å². The largest absolute Gasteiger partial charge is 0.454 e. The third kappa shape index (κ3) is 1.68. The number of nitrogens with zero attached hydrogens (tertiary/aromatic N) is 3. The molecule has 0 fully saturated rings. The van der Waals surface area contributed by atoms with Crippen LogP contribution in [0.15, 0.2) is 42.0 Å². The molecule has 19 heavy (non-hydrogen) atoms. The summed E-state index contributed by atoms with van der Waals surface area (Å²) in [6.45, 7) is 0.282. The molecule has 0 saturated carbocycles. The molecule has 6 heteroatoms. The van der Waals surface area contributed by atoms with Crippen LogP contribution in [0.5, 0.6) is 11.5 Å². The van der Waals surface area contributed by atoms with E-state index in [1.807, 2.05) is 34.3 Å². The van der Waals surface area contributed by atoms with Crippen LogP contribution in [0.1, 0.15) is 0 Å². The van der Waals surface area contributed by atoms with Gasteiger partial charge < -0.3 is 9.47 Å². The molecule has 0 aliphatic carbocycles. The van der Waals surface area contributed by atoms with Crippen molar-refractivity contribution < 1.29 is 9.47 Å². The van der Waals surface area contributed by atoms with Crippen LogP contribution in [0.2, 0.25) is 0 Å². The van der Waals surface area contributed by atoms with Gasteiger partial charge in [0.2, 0.25) is 11.9 Å². The van der Waals surface area contributed by atoms with Gasteiger partial charge in [-0.25, -0.2) is 9.67 Å². The minimum atomic E-state index is 0.282. The van der Waals surface area contributed by atoms with Gasteiger partial charge in [0, 0.05) is 17.1 Å². The van der Waals surface area contributed by atoms with E-state index in [-0.39, 0.29) is 6.79 Å². The van der Waals surface area contributed by atoms with Crippen LogP contribution in [0.25, 0.3) is 16.4 Å². The summed E-state index contributed by atoms with van der Waals surface area (Å²) in [6.07, 6.45) is 3.53. The van der Waals surface area contributed by atoms with E-state index in [4.69, 9.17) is 9.47 Å². The summed E-state index contributed by atoms with van der Waals surface area (Å²) in [7, 11) is 0. The second-order valence-electron chi connectivity index (χ2n) is 4.01. The summed E-state index contributed by atoms with van der Waals surface area (Å²) in [5.74, 6) is 1.55. The zero-order valence-corrected chi connectivity index (χ0v) is 10.6. The molecular formula is C13H9N3O2S. The van der Waals surface area contributed by atoms with Crippen molar-refractivity contribution >= 4 is 11.3 Å². The molecule has 0 N–H and O–H groups in total. The molecule has 0 bridgehead atoms. The summed E-state index contributed by atoms with van der Waals surface area (Å²) in [5, 5.41) is 7.10. The van der Waals surface area contributed by atoms with E-state index in [1.54, 1.807) is 23.7 Å². The van der Waals surface area contributed by atoms with Crippen molar-refractivity contribution in [2.75, 3.05) is 6.79 Å². The molecule has 0 amide bonds. The summed E-state index contributed by atoms with van der Waals surface area (Å²) < 4.78 is 12.5. The fraction of sp³-hybridized carbons (Fsp3) is 0.0769. The summed E-state index contributed by atoms with van der Waals surface area (Å²) >= 11 is 1.55. The summed E-state index contributed by atoms with van der Waals surface area (Å²) in [6, 6.07) is 7.83. The van der Waals surface area contributed by atoms with Crippen LogP contribution in [-0.4, -0.2) is 21.6 Å². The molecular weight excluding hydrogens is 262 g/mol. The molecule has 1 aliphatic heterocycles. The Morgan fingerprint density at radius 1 is 1.11 bits per heavy atom. The Labute approximate surface area is 113 Å². The second kappa shape index (κ2) is 4.10. The van der Waals surface area contributed by atoms with E-state index in [9.17, 15) is 0 Å². The number of hydrogen-bond acceptors (Lipinski definition) is 5. The number of hydrogen-bond donors (Lipinski definition) is 0. The molecule has 0 unspecified atom stereocenters. The van der Waals surface area contributed by atoms with Crippen molar-refractivity contribution in [1.82, 2.24) is 14.8 Å². The highest BCUT2D eigenvalue weighted by molar-refractivity contribution is 7.12. The van der Waals surface area contributed by atoms with E-state index >= 15 is 0 Å². The molecule has 1 aromatic carbocycles. The highest BCUT2D eigenvalue weighted by Crippen LogP contribution is 2.36. The van der Waals surface area contributed by atoms with Crippen LogP contribution >= 0.6 is 11.3 Å². The van der Waals surface area contributed by atoms with Gasteiger partial charge in [0.25, 0.3) is 0 Å². The minimum absolute atomic E-state index is 0.282. The van der Waals surface area contributed by atoms with Crippen LogP contribution < -0.4 is 9.47 Å². The molecule has 2 aromatic heterocycles. The third-order valence-electron chi connectivity index (χ3n) is 2.91. The quantitative estimate of drug-likeness (QED) is 0.719. The van der Waals surface area contributed by atoms with Gasteiger partial charge >= 0.3 is 0 Å². The second-order valence-corrected chi connectivity index (χ2v) is 4.88. The van der Waals surface area contributed by atoms with Crippen molar-refractivity contribution in [1.29, 1.82) is 0 Å². The van der Waals surface area contributed by atoms with Crippen LogP contribution in [0, 0.1) is 0 Å². The minimum Gasteiger partial charge on any atom is -0.454 e. The van der Waals surface area contributed by atoms with Gasteiger partial charge in [0.15, 0.2) is 11.5 Å². The van der Waals surface area contributed by atoms with Crippen molar-refractivity contribution in [2.45, 2.75) is 0 Å². The first-order valence-corrected chi connectivity index (χ1v) is 6.64. The average molecular weight is 271 g/mol. The monoisotopic (exact) mass is 271 g/mol. The maximum absolute atomic E-state index is 5.40. The molecule has 0 spiro atoms. The van der Waals surface area contributed by atoms with Crippen molar-refractivity contribution in [3.05, 3.63) is 42.0 Å². The van der Waals surface area contributed by atoms with Crippen molar-refractivity contribution in [3.8, 4) is 27.9 Å². The lowest BCUT2D eigenvalue weighted by molar-refractivity contribution is 0.174. The van der Waals surface area contributed by atoms with E-state index < -0.39 is 0 Å². The smallest absolute Gasteiger partial charge is 0.231 e. The topological polar surface area (TPSA) is 49.2 Å². The molecule has 4 rings (SSSR count). The first-order valence-electron chi connectivity index (χ1n) is 5.76. The van der Waals surface area contributed by atoms with Crippen molar-refractivity contribution in [3.63, 3.8) is 0 Å². The number of fused-ring (bicyclic) bond motifs is 1. The molecule has 0 radical (unpaired) electrons. The Hall–Kier alpha value is -2.34. The van der Waals surface area contributed by atoms with Gasteiger partial charge in [-0.1, -0.05) is 0 Å². The zero-order valence-electron chi connectivity index (χ0n) is 9.81. The van der Waals surface area contributed by atoms with Crippen LogP contribution in [0.4, 0.5) is 0 Å². The van der Waals surface area contributed by atoms with E-state index in [2.05, 4.69) is 10.1 Å². The Morgan fingerprint density at radius 2 is 2.05 bits per heavy atom. The van der Waals surface area contributed by atoms with Crippen LogP contribution in [-0.2, 0) is 0 Å².